The third kappa shape index (κ3) is 3.50. The van der Waals surface area contributed by atoms with E-state index in [1.54, 1.807) is 0 Å². The minimum absolute atomic E-state index is 0.0828. The largest absolute Gasteiger partial charge is 0.350 e. The van der Waals surface area contributed by atoms with E-state index in [1.165, 1.54) is 0 Å². The van der Waals surface area contributed by atoms with Crippen molar-refractivity contribution in [2.75, 3.05) is 13.1 Å². The van der Waals surface area contributed by atoms with Gasteiger partial charge in [0.2, 0.25) is 5.91 Å². The highest BCUT2D eigenvalue weighted by atomic mass is 16.1. The predicted molar refractivity (Wildman–Crippen MR) is 58.1 cm³/mol. The van der Waals surface area contributed by atoms with Gasteiger partial charge < -0.3 is 10.6 Å². The SMILES string of the molecule is C/C=C(/C)C(=O)NC1CCCNCC1. The lowest BCUT2D eigenvalue weighted by Gasteiger charge is -2.15. The van der Waals surface area contributed by atoms with Crippen LogP contribution in [-0.4, -0.2) is 25.0 Å². The van der Waals surface area contributed by atoms with Crippen LogP contribution in [0.4, 0.5) is 0 Å². The van der Waals surface area contributed by atoms with Gasteiger partial charge in [0.1, 0.15) is 0 Å². The van der Waals surface area contributed by atoms with Crippen molar-refractivity contribution in [2.45, 2.75) is 39.2 Å². The van der Waals surface area contributed by atoms with E-state index in [4.69, 9.17) is 0 Å². The van der Waals surface area contributed by atoms with Crippen LogP contribution >= 0.6 is 0 Å². The van der Waals surface area contributed by atoms with Crippen molar-refractivity contribution in [2.24, 2.45) is 0 Å². The molecule has 0 aromatic carbocycles. The summed E-state index contributed by atoms with van der Waals surface area (Å²) >= 11 is 0. The van der Waals surface area contributed by atoms with Gasteiger partial charge in [-0.3, -0.25) is 4.79 Å². The average molecular weight is 196 g/mol. The summed E-state index contributed by atoms with van der Waals surface area (Å²) < 4.78 is 0. The van der Waals surface area contributed by atoms with Crippen molar-refractivity contribution in [1.29, 1.82) is 0 Å². The summed E-state index contributed by atoms with van der Waals surface area (Å²) in [7, 11) is 0. The molecule has 1 saturated heterocycles. The molecule has 0 bridgehead atoms. The Hall–Kier alpha value is -0.830. The van der Waals surface area contributed by atoms with E-state index < -0.39 is 0 Å². The summed E-state index contributed by atoms with van der Waals surface area (Å²) in [5.74, 6) is 0.0828. The molecule has 0 spiro atoms. The maximum atomic E-state index is 11.6. The molecule has 1 atom stereocenters. The topological polar surface area (TPSA) is 41.1 Å². The fourth-order valence-corrected chi connectivity index (χ4v) is 1.59. The summed E-state index contributed by atoms with van der Waals surface area (Å²) in [6.07, 6.45) is 5.14. The lowest BCUT2D eigenvalue weighted by Crippen LogP contribution is -2.35. The minimum atomic E-state index is 0.0828. The highest BCUT2D eigenvalue weighted by Crippen LogP contribution is 2.05. The Balaban J connectivity index is 2.38. The number of nitrogens with one attached hydrogen (secondary N) is 2. The van der Waals surface area contributed by atoms with E-state index in [0.717, 1.165) is 37.9 Å². The average Bonchev–Trinajstić information content (AvgIpc) is 2.45. The molecule has 0 saturated carbocycles. The molecule has 3 heteroatoms. The quantitative estimate of drug-likeness (QED) is 0.652. The number of amides is 1. The van der Waals surface area contributed by atoms with E-state index in [0.29, 0.717) is 6.04 Å². The monoisotopic (exact) mass is 196 g/mol. The molecule has 0 aliphatic carbocycles. The van der Waals surface area contributed by atoms with E-state index in [1.807, 2.05) is 19.9 Å². The predicted octanol–water partition coefficient (Wildman–Crippen LogP) is 1.21. The molecule has 1 aliphatic rings. The van der Waals surface area contributed by atoms with Gasteiger partial charge >= 0.3 is 0 Å². The Bertz CT molecular complexity index is 215. The molecular weight excluding hydrogens is 176 g/mol. The summed E-state index contributed by atoms with van der Waals surface area (Å²) in [6.45, 7) is 5.84. The number of allylic oxidation sites excluding steroid dienone is 1. The van der Waals surface area contributed by atoms with Crippen molar-refractivity contribution in [3.63, 3.8) is 0 Å². The Labute approximate surface area is 86.0 Å². The lowest BCUT2D eigenvalue weighted by atomic mass is 10.1. The van der Waals surface area contributed by atoms with Crippen molar-refractivity contribution in [3.8, 4) is 0 Å². The summed E-state index contributed by atoms with van der Waals surface area (Å²) in [5.41, 5.74) is 0.808. The Morgan fingerprint density at radius 2 is 2.21 bits per heavy atom. The number of carbonyl (C=O) groups is 1. The standard InChI is InChI=1S/C11H20N2O/c1-3-9(2)11(14)13-10-5-4-7-12-8-6-10/h3,10,12H,4-8H2,1-2H3,(H,13,14)/b9-3-. The fourth-order valence-electron chi connectivity index (χ4n) is 1.59. The molecule has 1 heterocycles. The van der Waals surface area contributed by atoms with Crippen LogP contribution in [0.5, 0.6) is 0 Å². The molecule has 3 nitrogen and oxygen atoms in total. The van der Waals surface area contributed by atoms with E-state index >= 15 is 0 Å². The van der Waals surface area contributed by atoms with Crippen LogP contribution in [-0.2, 0) is 4.79 Å². The van der Waals surface area contributed by atoms with Crippen molar-refractivity contribution in [1.82, 2.24) is 10.6 Å². The first-order valence-electron chi connectivity index (χ1n) is 5.38. The van der Waals surface area contributed by atoms with Gasteiger partial charge in [0, 0.05) is 11.6 Å². The van der Waals surface area contributed by atoms with Crippen LogP contribution in [0.25, 0.3) is 0 Å². The normalized spacial score (nSPS) is 24.1. The molecule has 1 rings (SSSR count). The van der Waals surface area contributed by atoms with Crippen LogP contribution in [0.2, 0.25) is 0 Å². The molecule has 80 valence electrons. The van der Waals surface area contributed by atoms with Crippen molar-refractivity contribution < 1.29 is 4.79 Å². The molecule has 1 unspecified atom stereocenters. The first-order chi connectivity index (χ1) is 6.74. The van der Waals surface area contributed by atoms with Gasteiger partial charge in [0.15, 0.2) is 0 Å². The van der Waals surface area contributed by atoms with Gasteiger partial charge in [-0.2, -0.15) is 0 Å². The zero-order valence-corrected chi connectivity index (χ0v) is 9.10. The molecule has 14 heavy (non-hydrogen) atoms. The zero-order valence-electron chi connectivity index (χ0n) is 9.10. The third-order valence-corrected chi connectivity index (χ3v) is 2.70. The summed E-state index contributed by atoms with van der Waals surface area (Å²) in [6, 6.07) is 0.354. The Morgan fingerprint density at radius 3 is 2.93 bits per heavy atom. The second kappa shape index (κ2) is 5.81. The van der Waals surface area contributed by atoms with Gasteiger partial charge in [-0.25, -0.2) is 0 Å². The Kier molecular flexibility index (Phi) is 4.66. The molecule has 1 fully saturated rings. The summed E-state index contributed by atoms with van der Waals surface area (Å²) in [4.78, 5) is 11.6. The van der Waals surface area contributed by atoms with Crippen LogP contribution in [0, 0.1) is 0 Å². The van der Waals surface area contributed by atoms with Crippen LogP contribution < -0.4 is 10.6 Å². The van der Waals surface area contributed by atoms with Crippen molar-refractivity contribution >= 4 is 5.91 Å². The van der Waals surface area contributed by atoms with Gasteiger partial charge in [0.25, 0.3) is 0 Å². The first-order valence-corrected chi connectivity index (χ1v) is 5.38. The first kappa shape index (κ1) is 11.2. The molecule has 1 aliphatic heterocycles. The van der Waals surface area contributed by atoms with Crippen LogP contribution in [0.1, 0.15) is 33.1 Å². The van der Waals surface area contributed by atoms with Gasteiger partial charge in [-0.05, 0) is 46.2 Å². The van der Waals surface area contributed by atoms with Crippen molar-refractivity contribution in [3.05, 3.63) is 11.6 Å². The van der Waals surface area contributed by atoms with Gasteiger partial charge in [0.05, 0.1) is 0 Å². The number of rotatable bonds is 2. The third-order valence-electron chi connectivity index (χ3n) is 2.70. The van der Waals surface area contributed by atoms with E-state index in [9.17, 15) is 4.79 Å². The molecular formula is C11H20N2O. The number of carbonyl (C=O) groups excluding carboxylic acids is 1. The van der Waals surface area contributed by atoms with Gasteiger partial charge in [-0.15, -0.1) is 0 Å². The molecule has 0 radical (unpaired) electrons. The van der Waals surface area contributed by atoms with Crippen LogP contribution in [0.3, 0.4) is 0 Å². The second-order valence-electron chi connectivity index (χ2n) is 3.82. The molecule has 0 aromatic rings. The van der Waals surface area contributed by atoms with E-state index in [2.05, 4.69) is 10.6 Å². The maximum absolute atomic E-state index is 11.6. The smallest absolute Gasteiger partial charge is 0.246 e. The lowest BCUT2D eigenvalue weighted by molar-refractivity contribution is -0.118. The minimum Gasteiger partial charge on any atom is -0.350 e. The summed E-state index contributed by atoms with van der Waals surface area (Å²) in [5, 5.41) is 6.39. The highest BCUT2D eigenvalue weighted by Gasteiger charge is 2.14. The van der Waals surface area contributed by atoms with E-state index in [-0.39, 0.29) is 5.91 Å². The number of hydrogen-bond acceptors (Lipinski definition) is 2. The molecule has 1 amide bonds. The van der Waals surface area contributed by atoms with Gasteiger partial charge in [-0.1, -0.05) is 6.08 Å². The molecule has 0 aromatic heterocycles. The van der Waals surface area contributed by atoms with Crippen LogP contribution in [0.15, 0.2) is 11.6 Å². The Morgan fingerprint density at radius 1 is 1.43 bits per heavy atom. The molecule has 2 N–H and O–H groups in total. The maximum Gasteiger partial charge on any atom is 0.246 e. The fraction of sp³-hybridized carbons (Fsp3) is 0.727. The number of hydrogen-bond donors (Lipinski definition) is 2. The second-order valence-corrected chi connectivity index (χ2v) is 3.82. The highest BCUT2D eigenvalue weighted by molar-refractivity contribution is 5.92. The zero-order chi connectivity index (χ0) is 10.4.